The molecule has 1 rings (SSSR count). The summed E-state index contributed by atoms with van der Waals surface area (Å²) in [5, 5.41) is 9.19. The van der Waals surface area contributed by atoms with Crippen molar-refractivity contribution in [3.05, 3.63) is 0 Å². The summed E-state index contributed by atoms with van der Waals surface area (Å²) >= 11 is 0. The summed E-state index contributed by atoms with van der Waals surface area (Å²) in [4.78, 5) is 4.84. The van der Waals surface area contributed by atoms with E-state index < -0.39 is 0 Å². The molecule has 2 unspecified atom stereocenters. The van der Waals surface area contributed by atoms with Crippen molar-refractivity contribution in [1.82, 2.24) is 9.80 Å². The van der Waals surface area contributed by atoms with E-state index in [2.05, 4.69) is 30.8 Å². The molecule has 1 heterocycles. The molecule has 1 saturated heterocycles. The molecule has 1 aliphatic heterocycles. The Morgan fingerprint density at radius 1 is 1.53 bits per heavy atom. The molecule has 0 aromatic carbocycles. The first kappa shape index (κ1) is 12.9. The quantitative estimate of drug-likeness (QED) is 0.740. The van der Waals surface area contributed by atoms with E-state index in [0.29, 0.717) is 18.6 Å². The van der Waals surface area contributed by atoms with Crippen LogP contribution in [0, 0.1) is 5.92 Å². The molecule has 1 aliphatic rings. The minimum absolute atomic E-state index is 0.323. The first-order valence-electron chi connectivity index (χ1n) is 6.17. The maximum absolute atomic E-state index is 9.19. The van der Waals surface area contributed by atoms with Crippen LogP contribution in [0.1, 0.15) is 26.2 Å². The predicted octanol–water partition coefficient (Wildman–Crippen LogP) is 1.03. The van der Waals surface area contributed by atoms with Gasteiger partial charge in [0.25, 0.3) is 0 Å². The van der Waals surface area contributed by atoms with Crippen molar-refractivity contribution in [2.75, 3.05) is 40.3 Å². The van der Waals surface area contributed by atoms with Crippen molar-refractivity contribution in [3.63, 3.8) is 0 Å². The summed E-state index contributed by atoms with van der Waals surface area (Å²) in [5.74, 6) is 0.447. The fourth-order valence-corrected chi connectivity index (χ4v) is 2.37. The number of hydrogen-bond acceptors (Lipinski definition) is 3. The van der Waals surface area contributed by atoms with Crippen molar-refractivity contribution < 1.29 is 5.11 Å². The Hall–Kier alpha value is -0.120. The van der Waals surface area contributed by atoms with Crippen LogP contribution in [0.2, 0.25) is 0 Å². The Morgan fingerprint density at radius 2 is 2.27 bits per heavy atom. The van der Waals surface area contributed by atoms with Gasteiger partial charge in [0, 0.05) is 25.7 Å². The fourth-order valence-electron chi connectivity index (χ4n) is 2.37. The summed E-state index contributed by atoms with van der Waals surface area (Å²) in [7, 11) is 4.39. The smallest absolute Gasteiger partial charge is 0.0471 e. The van der Waals surface area contributed by atoms with Gasteiger partial charge in [-0.1, -0.05) is 6.92 Å². The molecule has 1 fully saturated rings. The largest absolute Gasteiger partial charge is 0.396 e. The van der Waals surface area contributed by atoms with Crippen LogP contribution in [-0.2, 0) is 0 Å². The van der Waals surface area contributed by atoms with Gasteiger partial charge in [-0.05, 0) is 45.8 Å². The molecule has 0 aromatic rings. The Balaban J connectivity index is 2.34. The van der Waals surface area contributed by atoms with Crippen LogP contribution in [0.4, 0.5) is 0 Å². The normalized spacial score (nSPS) is 25.8. The van der Waals surface area contributed by atoms with Gasteiger partial charge >= 0.3 is 0 Å². The lowest BCUT2D eigenvalue weighted by Crippen LogP contribution is -2.46. The molecule has 0 amide bonds. The number of rotatable bonds is 5. The van der Waals surface area contributed by atoms with Gasteiger partial charge in [-0.2, -0.15) is 0 Å². The second-order valence-corrected chi connectivity index (χ2v) is 4.95. The summed E-state index contributed by atoms with van der Waals surface area (Å²) in [6, 6.07) is 0.685. The van der Waals surface area contributed by atoms with Gasteiger partial charge in [0.15, 0.2) is 0 Å². The van der Waals surface area contributed by atoms with Crippen molar-refractivity contribution in [2.24, 2.45) is 5.92 Å². The molecule has 0 spiro atoms. The highest BCUT2D eigenvalue weighted by Gasteiger charge is 2.22. The zero-order chi connectivity index (χ0) is 11.3. The van der Waals surface area contributed by atoms with Crippen molar-refractivity contribution in [2.45, 2.75) is 32.2 Å². The topological polar surface area (TPSA) is 26.7 Å². The van der Waals surface area contributed by atoms with Crippen LogP contribution in [0.5, 0.6) is 0 Å². The SMILES string of the molecule is CCC(CO)CN(C)C1CCCN(C)C1. The summed E-state index contributed by atoms with van der Waals surface area (Å²) in [5.41, 5.74) is 0. The van der Waals surface area contributed by atoms with Crippen molar-refractivity contribution in [3.8, 4) is 0 Å². The molecule has 1 N–H and O–H groups in total. The van der Waals surface area contributed by atoms with E-state index >= 15 is 0 Å². The highest BCUT2D eigenvalue weighted by Crippen LogP contribution is 2.15. The second-order valence-electron chi connectivity index (χ2n) is 4.95. The summed E-state index contributed by atoms with van der Waals surface area (Å²) in [6.45, 7) is 5.93. The molecule has 0 bridgehead atoms. The van der Waals surface area contributed by atoms with Crippen LogP contribution in [0.15, 0.2) is 0 Å². The molecule has 3 heteroatoms. The average Bonchev–Trinajstić information content (AvgIpc) is 2.25. The first-order chi connectivity index (χ1) is 7.17. The van der Waals surface area contributed by atoms with Crippen LogP contribution in [0.25, 0.3) is 0 Å². The number of likely N-dealkylation sites (N-methyl/N-ethyl adjacent to an activating group) is 2. The third kappa shape index (κ3) is 4.09. The number of likely N-dealkylation sites (tertiary alicyclic amines) is 1. The van der Waals surface area contributed by atoms with Crippen LogP contribution >= 0.6 is 0 Å². The maximum Gasteiger partial charge on any atom is 0.0471 e. The summed E-state index contributed by atoms with van der Waals surface area (Å²) < 4.78 is 0. The van der Waals surface area contributed by atoms with E-state index in [1.807, 2.05) is 0 Å². The third-order valence-electron chi connectivity index (χ3n) is 3.60. The Labute approximate surface area is 94.1 Å². The third-order valence-corrected chi connectivity index (χ3v) is 3.60. The lowest BCUT2D eigenvalue weighted by molar-refractivity contribution is 0.101. The van der Waals surface area contributed by atoms with E-state index in [9.17, 15) is 5.11 Å². The van der Waals surface area contributed by atoms with Gasteiger partial charge in [-0.3, -0.25) is 0 Å². The molecule has 0 aromatic heterocycles. The standard InChI is InChI=1S/C12H26N2O/c1-4-11(10-15)8-14(3)12-6-5-7-13(2)9-12/h11-12,15H,4-10H2,1-3H3. The lowest BCUT2D eigenvalue weighted by atomic mass is 10.0. The van der Waals surface area contributed by atoms with Gasteiger partial charge in [0.1, 0.15) is 0 Å². The Bertz CT molecular complexity index is 171. The van der Waals surface area contributed by atoms with E-state index in [1.165, 1.54) is 25.9 Å². The van der Waals surface area contributed by atoms with Gasteiger partial charge < -0.3 is 14.9 Å². The lowest BCUT2D eigenvalue weighted by Gasteiger charge is -2.37. The number of piperidine rings is 1. The van der Waals surface area contributed by atoms with Crippen LogP contribution < -0.4 is 0 Å². The molecule has 2 atom stereocenters. The van der Waals surface area contributed by atoms with Gasteiger partial charge in [0.2, 0.25) is 0 Å². The van der Waals surface area contributed by atoms with Gasteiger partial charge in [-0.15, -0.1) is 0 Å². The number of aliphatic hydroxyl groups excluding tert-OH is 1. The van der Waals surface area contributed by atoms with E-state index in [-0.39, 0.29) is 0 Å². The molecular formula is C12H26N2O. The van der Waals surface area contributed by atoms with Crippen LogP contribution in [-0.4, -0.2) is 61.3 Å². The van der Waals surface area contributed by atoms with E-state index in [4.69, 9.17) is 0 Å². The maximum atomic E-state index is 9.19. The molecule has 0 aliphatic carbocycles. The van der Waals surface area contributed by atoms with Gasteiger partial charge in [0.05, 0.1) is 0 Å². The van der Waals surface area contributed by atoms with E-state index in [1.54, 1.807) is 0 Å². The van der Waals surface area contributed by atoms with E-state index in [0.717, 1.165) is 13.0 Å². The Morgan fingerprint density at radius 3 is 2.80 bits per heavy atom. The highest BCUT2D eigenvalue weighted by molar-refractivity contribution is 4.78. The fraction of sp³-hybridized carbons (Fsp3) is 1.00. The van der Waals surface area contributed by atoms with Crippen molar-refractivity contribution in [1.29, 1.82) is 0 Å². The minimum atomic E-state index is 0.323. The monoisotopic (exact) mass is 214 g/mol. The number of aliphatic hydroxyl groups is 1. The second kappa shape index (κ2) is 6.46. The Kier molecular flexibility index (Phi) is 5.58. The molecule has 3 nitrogen and oxygen atoms in total. The first-order valence-corrected chi connectivity index (χ1v) is 6.17. The predicted molar refractivity (Wildman–Crippen MR) is 64.0 cm³/mol. The number of nitrogens with zero attached hydrogens (tertiary/aromatic N) is 2. The molecular weight excluding hydrogens is 188 g/mol. The summed E-state index contributed by atoms with van der Waals surface area (Å²) in [6.07, 6.45) is 3.69. The van der Waals surface area contributed by atoms with Gasteiger partial charge in [-0.25, -0.2) is 0 Å². The zero-order valence-electron chi connectivity index (χ0n) is 10.4. The number of hydrogen-bond donors (Lipinski definition) is 1. The zero-order valence-corrected chi connectivity index (χ0v) is 10.4. The average molecular weight is 214 g/mol. The highest BCUT2D eigenvalue weighted by atomic mass is 16.3. The minimum Gasteiger partial charge on any atom is -0.396 e. The molecule has 0 radical (unpaired) electrons. The molecule has 0 saturated carbocycles. The van der Waals surface area contributed by atoms with Crippen LogP contribution in [0.3, 0.4) is 0 Å². The molecule has 15 heavy (non-hydrogen) atoms. The van der Waals surface area contributed by atoms with Crippen molar-refractivity contribution >= 4 is 0 Å². The molecule has 90 valence electrons.